The number of nitrogens with zero attached hydrogens (tertiary/aromatic N) is 4. The summed E-state index contributed by atoms with van der Waals surface area (Å²) in [7, 11) is 0. The fourth-order valence-electron chi connectivity index (χ4n) is 9.36. The molecule has 11 aromatic rings. The van der Waals surface area contributed by atoms with Crippen LogP contribution in [-0.2, 0) is 0 Å². The number of para-hydroxylation sites is 6. The Morgan fingerprint density at radius 3 is 1.59 bits per heavy atom. The fraction of sp³-hybridized carbons (Fsp3) is 0. The first-order chi connectivity index (χ1) is 29.3. The van der Waals surface area contributed by atoms with Gasteiger partial charge in [0.2, 0.25) is 0 Å². The van der Waals surface area contributed by atoms with Crippen molar-refractivity contribution in [2.75, 3.05) is 4.90 Å². The van der Waals surface area contributed by atoms with E-state index in [1.54, 1.807) is 0 Å². The van der Waals surface area contributed by atoms with E-state index in [0.29, 0.717) is 0 Å². The Kier molecular flexibility index (Phi) is 7.50. The van der Waals surface area contributed by atoms with E-state index in [9.17, 15) is 0 Å². The lowest BCUT2D eigenvalue weighted by Gasteiger charge is -2.28. The van der Waals surface area contributed by atoms with E-state index in [1.807, 2.05) is 12.4 Å². The zero-order valence-electron chi connectivity index (χ0n) is 32.1. The van der Waals surface area contributed by atoms with Crippen LogP contribution in [0.2, 0.25) is 0 Å². The number of pyridine rings is 1. The predicted octanol–water partition coefficient (Wildman–Crippen LogP) is 14.6. The van der Waals surface area contributed by atoms with E-state index in [2.05, 4.69) is 220 Å². The third-order valence-corrected chi connectivity index (χ3v) is 11.9. The quantitative estimate of drug-likeness (QED) is 0.175. The lowest BCUT2D eigenvalue weighted by atomic mass is 9.95. The van der Waals surface area contributed by atoms with E-state index in [0.717, 1.165) is 50.7 Å². The molecule has 1 aliphatic rings. The molecule has 3 aromatic heterocycles. The summed E-state index contributed by atoms with van der Waals surface area (Å²) < 4.78 is 4.81. The molecule has 4 heterocycles. The molecule has 4 heteroatoms. The maximum atomic E-state index is 4.86. The summed E-state index contributed by atoms with van der Waals surface area (Å²) in [5.41, 5.74) is 18.3. The van der Waals surface area contributed by atoms with Gasteiger partial charge < -0.3 is 14.0 Å². The monoisotopic (exact) mass is 752 g/mol. The smallest absolute Gasteiger partial charge is 0.0641 e. The molecule has 0 unspecified atom stereocenters. The van der Waals surface area contributed by atoms with Gasteiger partial charge in [0.05, 0.1) is 33.6 Å². The Bertz CT molecular complexity index is 3340. The van der Waals surface area contributed by atoms with Crippen LogP contribution < -0.4 is 4.90 Å². The minimum Gasteiger partial charge on any atom is -0.309 e. The van der Waals surface area contributed by atoms with Crippen LogP contribution in [0, 0.1) is 0 Å². The number of hydrogen-bond acceptors (Lipinski definition) is 2. The van der Waals surface area contributed by atoms with Crippen LogP contribution in [0.3, 0.4) is 0 Å². The molecular weight excluding hydrogens is 717 g/mol. The molecule has 0 radical (unpaired) electrons. The van der Waals surface area contributed by atoms with Crippen LogP contribution in [0.15, 0.2) is 219 Å². The summed E-state index contributed by atoms with van der Waals surface area (Å²) in [6.07, 6.45) is 3.97. The lowest BCUT2D eigenvalue weighted by molar-refractivity contribution is 1.13. The molecule has 0 atom stereocenters. The molecule has 4 nitrogen and oxygen atoms in total. The topological polar surface area (TPSA) is 26.0 Å². The molecular formula is C55H36N4. The number of benzene rings is 8. The van der Waals surface area contributed by atoms with Gasteiger partial charge in [0.1, 0.15) is 0 Å². The predicted molar refractivity (Wildman–Crippen MR) is 245 cm³/mol. The van der Waals surface area contributed by atoms with Crippen molar-refractivity contribution < 1.29 is 0 Å². The van der Waals surface area contributed by atoms with Gasteiger partial charge in [-0.2, -0.15) is 0 Å². The highest BCUT2D eigenvalue weighted by atomic mass is 15.2. The van der Waals surface area contributed by atoms with Gasteiger partial charge in [0.25, 0.3) is 0 Å². The van der Waals surface area contributed by atoms with Gasteiger partial charge in [-0.05, 0) is 83.9 Å². The van der Waals surface area contributed by atoms with Crippen molar-refractivity contribution in [3.05, 3.63) is 219 Å². The highest BCUT2D eigenvalue weighted by Gasteiger charge is 2.31. The highest BCUT2D eigenvalue weighted by molar-refractivity contribution is 6.13. The Balaban J connectivity index is 1.05. The zero-order valence-corrected chi connectivity index (χ0v) is 32.1. The maximum Gasteiger partial charge on any atom is 0.0641 e. The summed E-state index contributed by atoms with van der Waals surface area (Å²) in [5, 5.41) is 3.73. The second kappa shape index (κ2) is 13.3. The van der Waals surface area contributed by atoms with E-state index >= 15 is 0 Å². The van der Waals surface area contributed by atoms with Crippen LogP contribution in [0.5, 0.6) is 0 Å². The van der Waals surface area contributed by atoms with Crippen molar-refractivity contribution in [3.8, 4) is 56.0 Å². The Hall–Kier alpha value is -7.95. The maximum absolute atomic E-state index is 4.86. The number of hydrogen-bond donors (Lipinski definition) is 0. The number of anilines is 3. The van der Waals surface area contributed by atoms with Crippen molar-refractivity contribution in [1.29, 1.82) is 0 Å². The minimum atomic E-state index is 1.06. The van der Waals surface area contributed by atoms with Crippen LogP contribution in [-0.4, -0.2) is 14.1 Å². The van der Waals surface area contributed by atoms with Gasteiger partial charge in [-0.25, -0.2) is 0 Å². The first-order valence-corrected chi connectivity index (χ1v) is 20.1. The molecule has 0 aliphatic carbocycles. The van der Waals surface area contributed by atoms with E-state index in [4.69, 9.17) is 4.98 Å². The first kappa shape index (κ1) is 33.2. The Morgan fingerprint density at radius 1 is 0.322 bits per heavy atom. The van der Waals surface area contributed by atoms with Crippen molar-refractivity contribution in [2.24, 2.45) is 0 Å². The summed E-state index contributed by atoms with van der Waals surface area (Å²) in [6.45, 7) is 0. The average molecular weight is 753 g/mol. The van der Waals surface area contributed by atoms with E-state index in [-0.39, 0.29) is 0 Å². The van der Waals surface area contributed by atoms with Gasteiger partial charge in [-0.15, -0.1) is 0 Å². The van der Waals surface area contributed by atoms with Crippen molar-refractivity contribution in [3.63, 3.8) is 0 Å². The van der Waals surface area contributed by atoms with Gasteiger partial charge in [0.15, 0.2) is 0 Å². The molecule has 0 saturated carbocycles. The molecule has 0 fully saturated rings. The van der Waals surface area contributed by atoms with Crippen LogP contribution >= 0.6 is 0 Å². The third kappa shape index (κ3) is 5.20. The zero-order chi connectivity index (χ0) is 38.9. The number of rotatable bonds is 5. The van der Waals surface area contributed by atoms with Gasteiger partial charge in [0, 0.05) is 73.4 Å². The van der Waals surface area contributed by atoms with E-state index < -0.39 is 0 Å². The number of aromatic nitrogens is 3. The molecule has 0 bridgehead atoms. The molecule has 0 amide bonds. The van der Waals surface area contributed by atoms with Crippen LogP contribution in [0.1, 0.15) is 0 Å². The molecule has 0 spiro atoms. The molecule has 0 saturated heterocycles. The van der Waals surface area contributed by atoms with Gasteiger partial charge in [-0.1, -0.05) is 133 Å². The molecule has 59 heavy (non-hydrogen) atoms. The molecule has 0 N–H and O–H groups in total. The van der Waals surface area contributed by atoms with Crippen LogP contribution in [0.25, 0.3) is 88.7 Å². The lowest BCUT2D eigenvalue weighted by Crippen LogP contribution is -2.11. The molecule has 8 aromatic carbocycles. The Labute approximate surface area is 342 Å². The highest BCUT2D eigenvalue weighted by Crippen LogP contribution is 2.55. The first-order valence-electron chi connectivity index (χ1n) is 20.1. The second-order valence-corrected chi connectivity index (χ2v) is 15.2. The second-order valence-electron chi connectivity index (χ2n) is 15.2. The summed E-state index contributed by atoms with van der Waals surface area (Å²) in [6, 6.07) is 74.5. The van der Waals surface area contributed by atoms with Crippen LogP contribution in [0.4, 0.5) is 17.1 Å². The summed E-state index contributed by atoms with van der Waals surface area (Å²) >= 11 is 0. The molecule has 276 valence electrons. The third-order valence-electron chi connectivity index (χ3n) is 11.9. The van der Waals surface area contributed by atoms with E-state index in [1.165, 1.54) is 55.1 Å². The molecule has 12 rings (SSSR count). The van der Waals surface area contributed by atoms with Crippen molar-refractivity contribution in [1.82, 2.24) is 14.1 Å². The summed E-state index contributed by atoms with van der Waals surface area (Å²) in [5.74, 6) is 0. The van der Waals surface area contributed by atoms with Crippen molar-refractivity contribution in [2.45, 2.75) is 0 Å². The average Bonchev–Trinajstić information content (AvgIpc) is 3.79. The summed E-state index contributed by atoms with van der Waals surface area (Å²) in [4.78, 5) is 7.30. The minimum absolute atomic E-state index is 1.06. The molecule has 1 aliphatic heterocycles. The number of fused-ring (bicyclic) bond motifs is 10. The van der Waals surface area contributed by atoms with Crippen molar-refractivity contribution >= 4 is 49.8 Å². The van der Waals surface area contributed by atoms with Gasteiger partial charge in [-0.3, -0.25) is 4.98 Å². The standard InChI is InChI=1S/C55H36N4/c1-3-17-41(18-4-1)57-52-29-14-10-25-48(52)55-54(46-24-9-13-28-51(46)59(55)42-19-5-2-6-20-42)47-31-30-38(34-53(47)57)40-32-39(35-56-36-40)37-16-15-21-43(33-37)58-49-26-11-7-22-44(49)45-23-8-12-27-50(45)58/h1-36H. The Morgan fingerprint density at radius 2 is 0.881 bits per heavy atom. The normalized spacial score (nSPS) is 12.0. The van der Waals surface area contributed by atoms with Gasteiger partial charge >= 0.3 is 0 Å². The SMILES string of the molecule is c1ccc(N2c3cc(-c4cncc(-c5cccc(-n6c7ccccc7c7ccccc76)c5)c4)ccc3-c3c(n(-c4ccccc4)c4ccccc34)-c3ccccc32)cc1. The fourth-order valence-corrected chi connectivity index (χ4v) is 9.36. The largest absolute Gasteiger partial charge is 0.309 e.